The van der Waals surface area contributed by atoms with E-state index in [0.717, 1.165) is 12.1 Å². The average Bonchev–Trinajstić information content (AvgIpc) is 3.28. The van der Waals surface area contributed by atoms with E-state index in [0.29, 0.717) is 30.2 Å². The first-order valence-corrected chi connectivity index (χ1v) is 11.2. The van der Waals surface area contributed by atoms with Crippen molar-refractivity contribution in [1.82, 2.24) is 9.47 Å². The molecule has 0 saturated carbocycles. The van der Waals surface area contributed by atoms with E-state index in [4.69, 9.17) is 4.74 Å². The van der Waals surface area contributed by atoms with Gasteiger partial charge in [0.2, 0.25) is 5.43 Å². The van der Waals surface area contributed by atoms with E-state index >= 15 is 4.39 Å². The number of pyridine rings is 1. The summed E-state index contributed by atoms with van der Waals surface area (Å²) in [6.45, 7) is 1.26. The number of likely N-dealkylation sites (tertiary alicyclic amines) is 1. The molecule has 2 N–H and O–H groups in total. The number of carboxylic acids is 1. The average molecular weight is 459 g/mol. The first kappa shape index (κ1) is 20.7. The van der Waals surface area contributed by atoms with Crippen LogP contribution < -0.4 is 15.5 Å². The van der Waals surface area contributed by atoms with Gasteiger partial charge in [-0.1, -0.05) is 30.3 Å². The van der Waals surface area contributed by atoms with Crippen LogP contribution in [0, 0.1) is 0 Å². The molecule has 0 amide bonds. The smallest absolute Gasteiger partial charge is 0.341 e. The number of nitrogens with one attached hydrogen (secondary N) is 1. The molecule has 1 aromatic heterocycles. The first-order chi connectivity index (χ1) is 16.5. The van der Waals surface area contributed by atoms with Crippen LogP contribution in [0.3, 0.4) is 0 Å². The van der Waals surface area contributed by atoms with E-state index in [1.54, 1.807) is 16.7 Å². The molecule has 34 heavy (non-hydrogen) atoms. The number of carboxylic acid groups (broad SMARTS) is 1. The summed E-state index contributed by atoms with van der Waals surface area (Å²) >= 11 is 0. The summed E-state index contributed by atoms with van der Waals surface area (Å²) in [4.78, 5) is 26.7. The molecule has 0 radical (unpaired) electrons. The SMILES string of the molecule is O=C(O)c1cn2c3c(c1=O)C=C(F)C(N1CCC(Nc4ccccc4)C1)C3Oc1ccccc1-2. The van der Waals surface area contributed by atoms with Gasteiger partial charge < -0.3 is 19.7 Å². The third-order valence-corrected chi connectivity index (χ3v) is 6.77. The van der Waals surface area contributed by atoms with Crippen molar-refractivity contribution in [2.45, 2.75) is 24.6 Å². The van der Waals surface area contributed by atoms with Crippen molar-refractivity contribution in [1.29, 1.82) is 0 Å². The maximum atomic E-state index is 15.6. The Morgan fingerprint density at radius 2 is 1.88 bits per heavy atom. The lowest BCUT2D eigenvalue weighted by Gasteiger charge is -2.41. The molecule has 2 aliphatic heterocycles. The van der Waals surface area contributed by atoms with Crippen LogP contribution in [-0.4, -0.2) is 45.7 Å². The molecule has 8 heteroatoms. The zero-order chi connectivity index (χ0) is 23.4. The molecule has 1 fully saturated rings. The minimum Gasteiger partial charge on any atom is -0.480 e. The van der Waals surface area contributed by atoms with Crippen LogP contribution in [0.25, 0.3) is 11.8 Å². The maximum Gasteiger partial charge on any atom is 0.341 e. The van der Waals surface area contributed by atoms with E-state index in [-0.39, 0.29) is 11.6 Å². The number of aromatic carboxylic acids is 1. The summed E-state index contributed by atoms with van der Waals surface area (Å²) in [7, 11) is 0. The Morgan fingerprint density at radius 1 is 1.12 bits per heavy atom. The lowest BCUT2D eigenvalue weighted by Crippen LogP contribution is -2.46. The van der Waals surface area contributed by atoms with Gasteiger partial charge in [0.1, 0.15) is 23.2 Å². The molecule has 3 unspecified atom stereocenters. The number of nitrogens with zero attached hydrogens (tertiary/aromatic N) is 2. The van der Waals surface area contributed by atoms with Crippen LogP contribution in [-0.2, 0) is 0 Å². The summed E-state index contributed by atoms with van der Waals surface area (Å²) < 4.78 is 23.6. The molecule has 7 nitrogen and oxygen atoms in total. The highest BCUT2D eigenvalue weighted by atomic mass is 19.1. The summed E-state index contributed by atoms with van der Waals surface area (Å²) in [5.74, 6) is -1.32. The molecule has 0 bridgehead atoms. The topological polar surface area (TPSA) is 83.8 Å². The van der Waals surface area contributed by atoms with Gasteiger partial charge in [0.15, 0.2) is 6.10 Å². The third-order valence-electron chi connectivity index (χ3n) is 6.77. The molecule has 1 aliphatic carbocycles. The minimum atomic E-state index is -1.35. The number of rotatable bonds is 4. The molecule has 3 atom stereocenters. The van der Waals surface area contributed by atoms with Crippen LogP contribution >= 0.6 is 0 Å². The maximum absolute atomic E-state index is 15.6. The zero-order valence-corrected chi connectivity index (χ0v) is 18.1. The van der Waals surface area contributed by atoms with E-state index in [9.17, 15) is 14.7 Å². The normalized spacial score (nSPS) is 22.9. The number of hydrogen-bond donors (Lipinski definition) is 2. The van der Waals surface area contributed by atoms with Crippen molar-refractivity contribution >= 4 is 17.7 Å². The minimum absolute atomic E-state index is 0.0336. The van der Waals surface area contributed by atoms with Crippen molar-refractivity contribution in [3.63, 3.8) is 0 Å². The second kappa shape index (κ2) is 7.85. The molecule has 2 aromatic carbocycles. The van der Waals surface area contributed by atoms with Gasteiger partial charge in [-0.2, -0.15) is 0 Å². The number of fused-ring (bicyclic) bond motifs is 2. The second-order valence-corrected chi connectivity index (χ2v) is 8.82. The number of para-hydroxylation sites is 3. The van der Waals surface area contributed by atoms with Crippen molar-refractivity contribution in [3.8, 4) is 11.4 Å². The van der Waals surface area contributed by atoms with Gasteiger partial charge >= 0.3 is 5.97 Å². The van der Waals surface area contributed by atoms with Gasteiger partial charge in [0.25, 0.3) is 0 Å². The predicted molar refractivity (Wildman–Crippen MR) is 125 cm³/mol. The van der Waals surface area contributed by atoms with Crippen LogP contribution in [0.15, 0.2) is 71.4 Å². The fourth-order valence-corrected chi connectivity index (χ4v) is 5.25. The van der Waals surface area contributed by atoms with E-state index in [2.05, 4.69) is 5.32 Å². The molecule has 3 aliphatic rings. The fourth-order valence-electron chi connectivity index (χ4n) is 5.25. The highest BCUT2D eigenvalue weighted by Crippen LogP contribution is 2.45. The number of aromatic nitrogens is 1. The monoisotopic (exact) mass is 459 g/mol. The Balaban J connectivity index is 1.41. The number of halogens is 1. The van der Waals surface area contributed by atoms with Gasteiger partial charge in [-0.15, -0.1) is 0 Å². The second-order valence-electron chi connectivity index (χ2n) is 8.82. The summed E-state index contributed by atoms with van der Waals surface area (Å²) in [6.07, 6.45) is 2.58. The van der Waals surface area contributed by atoms with E-state index in [1.807, 2.05) is 47.4 Å². The summed E-state index contributed by atoms with van der Waals surface area (Å²) in [5, 5.41) is 13.1. The highest BCUT2D eigenvalue weighted by Gasteiger charge is 2.45. The van der Waals surface area contributed by atoms with Crippen molar-refractivity contribution < 1.29 is 19.0 Å². The fraction of sp³-hybridized carbons (Fsp3) is 0.231. The number of carbonyl (C=O) groups is 1. The molecule has 172 valence electrons. The van der Waals surface area contributed by atoms with Gasteiger partial charge in [0.05, 0.1) is 11.4 Å². The van der Waals surface area contributed by atoms with Crippen LogP contribution in [0.4, 0.5) is 10.1 Å². The Labute approximate surface area is 194 Å². The lowest BCUT2D eigenvalue weighted by molar-refractivity contribution is 0.0684. The lowest BCUT2D eigenvalue weighted by atomic mass is 9.90. The number of hydrogen-bond acceptors (Lipinski definition) is 5. The first-order valence-electron chi connectivity index (χ1n) is 11.2. The van der Waals surface area contributed by atoms with Gasteiger partial charge in [0, 0.05) is 36.6 Å². The predicted octanol–water partition coefficient (Wildman–Crippen LogP) is 3.85. The Morgan fingerprint density at radius 3 is 2.68 bits per heavy atom. The standard InChI is InChI=1S/C26H22FN3O4/c27-19-12-17-22-25(23(19)29-11-10-16(13-29)28-15-6-2-1-3-7-15)34-21-9-5-4-8-20(21)30(22)14-18(24(17)31)26(32)33/h1-9,12,14,16,23,25,28H,10-11,13H2,(H,32,33). The van der Waals surface area contributed by atoms with Crippen LogP contribution in [0.5, 0.6) is 5.75 Å². The molecule has 3 aromatic rings. The molecule has 0 spiro atoms. The Hall–Kier alpha value is -3.91. The van der Waals surface area contributed by atoms with Crippen molar-refractivity contribution in [3.05, 3.63) is 93.7 Å². The summed E-state index contributed by atoms with van der Waals surface area (Å²) in [6, 6.07) is 16.5. The number of benzene rings is 2. The third kappa shape index (κ3) is 3.21. The molecular weight excluding hydrogens is 437 g/mol. The van der Waals surface area contributed by atoms with Crippen molar-refractivity contribution in [2.24, 2.45) is 0 Å². The molecule has 6 rings (SSSR count). The number of anilines is 1. The van der Waals surface area contributed by atoms with E-state index < -0.39 is 34.9 Å². The molecule has 1 saturated heterocycles. The van der Waals surface area contributed by atoms with E-state index in [1.165, 1.54) is 12.3 Å². The highest BCUT2D eigenvalue weighted by molar-refractivity contribution is 5.88. The Bertz CT molecular complexity index is 1380. The number of ether oxygens (including phenoxy) is 1. The molecule has 3 heterocycles. The Kier molecular flexibility index (Phi) is 4.77. The van der Waals surface area contributed by atoms with Crippen LogP contribution in [0.1, 0.15) is 34.1 Å². The van der Waals surface area contributed by atoms with Gasteiger partial charge in [-0.3, -0.25) is 9.69 Å². The largest absolute Gasteiger partial charge is 0.480 e. The van der Waals surface area contributed by atoms with Crippen LogP contribution in [0.2, 0.25) is 0 Å². The quantitative estimate of drug-likeness (QED) is 0.617. The van der Waals surface area contributed by atoms with Crippen molar-refractivity contribution in [2.75, 3.05) is 18.4 Å². The summed E-state index contributed by atoms with van der Waals surface area (Å²) in [5.41, 5.74) is 1.05. The zero-order valence-electron chi connectivity index (χ0n) is 18.1. The van der Waals surface area contributed by atoms with Gasteiger partial charge in [-0.05, 0) is 36.8 Å². The molecular formula is C26H22FN3O4. The van der Waals surface area contributed by atoms with Gasteiger partial charge in [-0.25, -0.2) is 9.18 Å².